The van der Waals surface area contributed by atoms with Crippen molar-refractivity contribution in [1.29, 1.82) is 0 Å². The van der Waals surface area contributed by atoms with Crippen LogP contribution < -0.4 is 5.32 Å². The Morgan fingerprint density at radius 3 is 2.94 bits per heavy atom. The van der Waals surface area contributed by atoms with Crippen LogP contribution in [0, 0.1) is 0 Å². The van der Waals surface area contributed by atoms with Crippen molar-refractivity contribution in [3.63, 3.8) is 0 Å². The molecule has 94 valence electrons. The number of benzene rings is 1. The highest BCUT2D eigenvalue weighted by Gasteiger charge is 2.18. The molecular weight excluding hydrogens is 212 g/mol. The Balaban J connectivity index is 1.81. The molecule has 1 aromatic carbocycles. The van der Waals surface area contributed by atoms with Crippen LogP contribution in [0.3, 0.4) is 0 Å². The van der Waals surface area contributed by atoms with Gasteiger partial charge in [0.1, 0.15) is 0 Å². The van der Waals surface area contributed by atoms with E-state index in [0.29, 0.717) is 12.8 Å². The van der Waals surface area contributed by atoms with Crippen LogP contribution in [0.4, 0.5) is 0 Å². The molecule has 3 nitrogen and oxygen atoms in total. The number of nitrogens with one attached hydrogen (secondary N) is 1. The molecule has 1 aliphatic heterocycles. The molecule has 1 aliphatic rings. The molecule has 1 fully saturated rings. The number of nitrogens with zero attached hydrogens (tertiary/aromatic N) is 1. The third kappa shape index (κ3) is 4.11. The fourth-order valence-electron chi connectivity index (χ4n) is 2.41. The largest absolute Gasteiger partial charge is 0.370 e. The third-order valence-electron chi connectivity index (χ3n) is 3.27. The minimum absolute atomic E-state index is 0.576. The average Bonchev–Trinajstić information content (AvgIpc) is 2.38. The summed E-state index contributed by atoms with van der Waals surface area (Å²) in [7, 11) is 1.73. The molecule has 1 N–H and O–H groups in total. The zero-order chi connectivity index (χ0) is 11.9. The van der Waals surface area contributed by atoms with Gasteiger partial charge in [-0.1, -0.05) is 30.3 Å². The van der Waals surface area contributed by atoms with Gasteiger partial charge < -0.3 is 4.74 Å². The first kappa shape index (κ1) is 12.6. The molecule has 1 aromatic rings. The van der Waals surface area contributed by atoms with Gasteiger partial charge in [0, 0.05) is 26.2 Å². The van der Waals surface area contributed by atoms with Gasteiger partial charge in [0.05, 0.1) is 6.73 Å². The first-order valence-electron chi connectivity index (χ1n) is 6.37. The summed E-state index contributed by atoms with van der Waals surface area (Å²) < 4.78 is 5.07. The molecule has 0 saturated carbocycles. The second kappa shape index (κ2) is 6.74. The Kier molecular flexibility index (Phi) is 4.98. The van der Waals surface area contributed by atoms with Crippen LogP contribution in [0.25, 0.3) is 0 Å². The van der Waals surface area contributed by atoms with Crippen molar-refractivity contribution in [3.05, 3.63) is 35.9 Å². The van der Waals surface area contributed by atoms with Crippen LogP contribution in [-0.4, -0.2) is 37.9 Å². The Hall–Kier alpha value is -0.900. The molecule has 3 heteroatoms. The number of hydrogen-bond donors (Lipinski definition) is 1. The summed E-state index contributed by atoms with van der Waals surface area (Å²) in [6.07, 6.45) is 2.53. The molecule has 0 amide bonds. The van der Waals surface area contributed by atoms with Crippen LogP contribution in [-0.2, 0) is 11.3 Å². The Morgan fingerprint density at radius 1 is 1.35 bits per heavy atom. The SMILES string of the molecule is COCNC1CCCN(Cc2ccccc2)C1. The number of likely N-dealkylation sites (tertiary alicyclic amines) is 1. The molecule has 0 aliphatic carbocycles. The van der Waals surface area contributed by atoms with Crippen LogP contribution in [0.1, 0.15) is 18.4 Å². The van der Waals surface area contributed by atoms with Gasteiger partial charge in [-0.25, -0.2) is 0 Å². The summed E-state index contributed by atoms with van der Waals surface area (Å²) in [6, 6.07) is 11.3. The van der Waals surface area contributed by atoms with E-state index >= 15 is 0 Å². The molecule has 2 rings (SSSR count). The summed E-state index contributed by atoms with van der Waals surface area (Å²) in [5.41, 5.74) is 1.40. The number of hydrogen-bond acceptors (Lipinski definition) is 3. The predicted molar refractivity (Wildman–Crippen MR) is 69.8 cm³/mol. The molecule has 1 saturated heterocycles. The van der Waals surface area contributed by atoms with Crippen molar-refractivity contribution in [3.8, 4) is 0 Å². The molecule has 1 atom stereocenters. The minimum atomic E-state index is 0.576. The van der Waals surface area contributed by atoms with Crippen molar-refractivity contribution >= 4 is 0 Å². The average molecular weight is 234 g/mol. The highest BCUT2D eigenvalue weighted by Crippen LogP contribution is 2.13. The second-order valence-corrected chi connectivity index (χ2v) is 4.70. The van der Waals surface area contributed by atoms with E-state index in [-0.39, 0.29) is 0 Å². The topological polar surface area (TPSA) is 24.5 Å². The van der Waals surface area contributed by atoms with Crippen molar-refractivity contribution in [2.75, 3.05) is 26.9 Å². The lowest BCUT2D eigenvalue weighted by Crippen LogP contribution is -2.45. The fraction of sp³-hybridized carbons (Fsp3) is 0.571. The van der Waals surface area contributed by atoms with Crippen LogP contribution in [0.2, 0.25) is 0 Å². The van der Waals surface area contributed by atoms with Crippen LogP contribution >= 0.6 is 0 Å². The van der Waals surface area contributed by atoms with Gasteiger partial charge in [-0.05, 0) is 24.9 Å². The van der Waals surface area contributed by atoms with Crippen molar-refractivity contribution < 1.29 is 4.74 Å². The summed E-state index contributed by atoms with van der Waals surface area (Å²) in [5.74, 6) is 0. The van der Waals surface area contributed by atoms with E-state index in [0.717, 1.165) is 13.1 Å². The second-order valence-electron chi connectivity index (χ2n) is 4.70. The molecule has 1 unspecified atom stereocenters. The van der Waals surface area contributed by atoms with Crippen LogP contribution in [0.15, 0.2) is 30.3 Å². The number of ether oxygens (including phenoxy) is 1. The summed E-state index contributed by atoms with van der Waals surface area (Å²) in [4.78, 5) is 2.52. The smallest absolute Gasteiger partial charge is 0.0963 e. The molecule has 0 aromatic heterocycles. The van der Waals surface area contributed by atoms with Gasteiger partial charge in [0.15, 0.2) is 0 Å². The Morgan fingerprint density at radius 2 is 2.18 bits per heavy atom. The lowest BCUT2D eigenvalue weighted by molar-refractivity contribution is 0.126. The normalized spacial score (nSPS) is 21.6. The highest BCUT2D eigenvalue weighted by atomic mass is 16.5. The number of rotatable bonds is 5. The monoisotopic (exact) mass is 234 g/mol. The van der Waals surface area contributed by atoms with Gasteiger partial charge in [0.25, 0.3) is 0 Å². The van der Waals surface area contributed by atoms with Crippen molar-refractivity contribution in [2.24, 2.45) is 0 Å². The molecule has 1 heterocycles. The van der Waals surface area contributed by atoms with Gasteiger partial charge in [-0.15, -0.1) is 0 Å². The quantitative estimate of drug-likeness (QED) is 0.787. The zero-order valence-corrected chi connectivity index (χ0v) is 10.6. The predicted octanol–water partition coefficient (Wildman–Crippen LogP) is 1.84. The molecule has 0 spiro atoms. The van der Waals surface area contributed by atoms with E-state index in [1.807, 2.05) is 0 Å². The van der Waals surface area contributed by atoms with E-state index in [1.165, 1.54) is 24.9 Å². The van der Waals surface area contributed by atoms with E-state index < -0.39 is 0 Å². The lowest BCUT2D eigenvalue weighted by atomic mass is 10.1. The van der Waals surface area contributed by atoms with Gasteiger partial charge >= 0.3 is 0 Å². The van der Waals surface area contributed by atoms with E-state index in [4.69, 9.17) is 4.74 Å². The van der Waals surface area contributed by atoms with Gasteiger partial charge in [-0.2, -0.15) is 0 Å². The number of methoxy groups -OCH3 is 1. The molecule has 17 heavy (non-hydrogen) atoms. The maximum Gasteiger partial charge on any atom is 0.0963 e. The Labute approximate surface area is 104 Å². The van der Waals surface area contributed by atoms with E-state index in [1.54, 1.807) is 7.11 Å². The Bertz CT molecular complexity index is 315. The lowest BCUT2D eigenvalue weighted by Gasteiger charge is -2.33. The van der Waals surface area contributed by atoms with Gasteiger partial charge in [0.2, 0.25) is 0 Å². The van der Waals surface area contributed by atoms with Gasteiger partial charge in [-0.3, -0.25) is 10.2 Å². The minimum Gasteiger partial charge on any atom is -0.370 e. The molecule has 0 bridgehead atoms. The fourth-order valence-corrected chi connectivity index (χ4v) is 2.41. The van der Waals surface area contributed by atoms with Crippen molar-refractivity contribution in [1.82, 2.24) is 10.2 Å². The van der Waals surface area contributed by atoms with E-state index in [9.17, 15) is 0 Å². The summed E-state index contributed by atoms with van der Waals surface area (Å²) in [5, 5.41) is 3.42. The maximum atomic E-state index is 5.07. The van der Waals surface area contributed by atoms with E-state index in [2.05, 4.69) is 40.5 Å². The molecule has 0 radical (unpaired) electrons. The highest BCUT2D eigenvalue weighted by molar-refractivity contribution is 5.14. The first-order chi connectivity index (χ1) is 8.38. The summed E-state index contributed by atoms with van der Waals surface area (Å²) in [6.45, 7) is 4.05. The van der Waals surface area contributed by atoms with Crippen LogP contribution in [0.5, 0.6) is 0 Å². The van der Waals surface area contributed by atoms with Crippen molar-refractivity contribution in [2.45, 2.75) is 25.4 Å². The molecular formula is C14H22N2O. The number of piperidine rings is 1. The maximum absolute atomic E-state index is 5.07. The third-order valence-corrected chi connectivity index (χ3v) is 3.27. The standard InChI is InChI=1S/C14H22N2O/c1-17-12-15-14-8-5-9-16(11-14)10-13-6-3-2-4-7-13/h2-4,6-7,14-15H,5,8-12H2,1H3. The first-order valence-corrected chi connectivity index (χ1v) is 6.37. The zero-order valence-electron chi connectivity index (χ0n) is 10.6. The summed E-state index contributed by atoms with van der Waals surface area (Å²) >= 11 is 0.